The van der Waals surface area contributed by atoms with Gasteiger partial charge in [0.25, 0.3) is 5.91 Å². The van der Waals surface area contributed by atoms with Crippen LogP contribution in [0.1, 0.15) is 27.6 Å². The summed E-state index contributed by atoms with van der Waals surface area (Å²) in [7, 11) is -3.54. The van der Waals surface area contributed by atoms with Crippen LogP contribution in [0, 0.1) is 5.92 Å². The fourth-order valence-electron chi connectivity index (χ4n) is 3.38. The van der Waals surface area contributed by atoms with Gasteiger partial charge in [0.05, 0.1) is 77.6 Å². The number of ketones is 1. The zero-order valence-electron chi connectivity index (χ0n) is 21.5. The van der Waals surface area contributed by atoms with Crippen LogP contribution in [-0.2, 0) is 33.5 Å². The quantitative estimate of drug-likeness (QED) is 0.540. The number of rotatable bonds is 4. The number of hydrogen-bond donors (Lipinski definition) is 1. The van der Waals surface area contributed by atoms with Gasteiger partial charge in [-0.1, -0.05) is 12.1 Å². The van der Waals surface area contributed by atoms with Gasteiger partial charge in [-0.05, 0) is 19.1 Å². The summed E-state index contributed by atoms with van der Waals surface area (Å²) < 4.78 is 52.8. The number of thioether (sulfide) groups is 1. The van der Waals surface area contributed by atoms with Crippen molar-refractivity contribution in [2.75, 3.05) is 95.6 Å². The number of benzene rings is 1. The second-order valence-corrected chi connectivity index (χ2v) is 11.6. The Morgan fingerprint density at radius 2 is 1.30 bits per heavy atom. The minimum absolute atomic E-state index is 0.0304. The van der Waals surface area contributed by atoms with E-state index in [4.69, 9.17) is 23.7 Å². The van der Waals surface area contributed by atoms with Crippen LogP contribution in [0.4, 0.5) is 0 Å². The molecule has 2 rings (SSSR count). The molecule has 1 amide bonds. The third-order valence-corrected chi connectivity index (χ3v) is 8.10. The van der Waals surface area contributed by atoms with Crippen LogP contribution in [0.25, 0.3) is 0 Å². The Balaban J connectivity index is 2.00. The summed E-state index contributed by atoms with van der Waals surface area (Å²) in [5, 5.41) is 2.71. The number of carbonyl (C=O) groups is 2. The summed E-state index contributed by atoms with van der Waals surface area (Å²) in [6.07, 6.45) is 0. The zero-order valence-corrected chi connectivity index (χ0v) is 23.1. The Hall–Kier alpha value is -1.54. The lowest BCUT2D eigenvalue weighted by Gasteiger charge is -2.17. The molecular formula is C25H39NO9S2. The van der Waals surface area contributed by atoms with Gasteiger partial charge in [0.2, 0.25) is 0 Å². The molecule has 210 valence electrons. The molecule has 1 fully saturated rings. The number of ether oxygens (including phenoxy) is 5. The lowest BCUT2D eigenvalue weighted by Crippen LogP contribution is -2.29. The number of carbonyl (C=O) groups excluding carboxylic acids is 2. The standard InChI is InChI=1S/C25H39NO9S2/c1-2-26-25(28)22-5-3-21(4-6-22)24(27)23-19-36-17-15-34-13-11-32-9-7-31-8-10-33-12-14-35-16-18-37(29,30)20-23/h3-6,23H,2,7-20H2,1H3,(H,26,28). The topological polar surface area (TPSA) is 126 Å². The van der Waals surface area contributed by atoms with Crippen LogP contribution in [0.15, 0.2) is 24.3 Å². The smallest absolute Gasteiger partial charge is 0.251 e. The van der Waals surface area contributed by atoms with Crippen LogP contribution < -0.4 is 5.32 Å². The maximum atomic E-state index is 13.3. The molecule has 0 saturated carbocycles. The van der Waals surface area contributed by atoms with Gasteiger partial charge in [0, 0.05) is 35.1 Å². The van der Waals surface area contributed by atoms with Crippen molar-refractivity contribution in [2.45, 2.75) is 6.92 Å². The molecule has 1 aliphatic heterocycles. The first-order chi connectivity index (χ1) is 17.9. The highest BCUT2D eigenvalue weighted by Gasteiger charge is 2.27. The van der Waals surface area contributed by atoms with Gasteiger partial charge in [-0.25, -0.2) is 8.42 Å². The minimum Gasteiger partial charge on any atom is -0.378 e. The summed E-state index contributed by atoms with van der Waals surface area (Å²) in [5.74, 6) is -0.716. The first-order valence-electron chi connectivity index (χ1n) is 12.5. The first-order valence-corrected chi connectivity index (χ1v) is 15.5. The number of amides is 1. The van der Waals surface area contributed by atoms with E-state index in [9.17, 15) is 18.0 Å². The average Bonchev–Trinajstić information content (AvgIpc) is 2.88. The molecule has 1 aliphatic rings. The molecule has 10 nitrogen and oxygen atoms in total. The zero-order chi connectivity index (χ0) is 26.8. The van der Waals surface area contributed by atoms with E-state index in [0.29, 0.717) is 82.0 Å². The molecule has 1 aromatic carbocycles. The first kappa shape index (κ1) is 31.7. The largest absolute Gasteiger partial charge is 0.378 e. The summed E-state index contributed by atoms with van der Waals surface area (Å²) in [4.78, 5) is 25.3. The molecule has 0 radical (unpaired) electrons. The molecule has 1 heterocycles. The monoisotopic (exact) mass is 561 g/mol. The van der Waals surface area contributed by atoms with Crippen LogP contribution >= 0.6 is 11.8 Å². The predicted molar refractivity (Wildman–Crippen MR) is 142 cm³/mol. The van der Waals surface area contributed by atoms with Gasteiger partial charge in [-0.15, -0.1) is 0 Å². The predicted octanol–water partition coefficient (Wildman–Crippen LogP) is 1.48. The second-order valence-electron chi connectivity index (χ2n) is 8.25. The van der Waals surface area contributed by atoms with E-state index in [1.54, 1.807) is 24.3 Å². The van der Waals surface area contributed by atoms with Gasteiger partial charge < -0.3 is 29.0 Å². The Labute approximate surface area is 224 Å². The van der Waals surface area contributed by atoms with E-state index in [1.165, 1.54) is 11.8 Å². The van der Waals surface area contributed by atoms with E-state index >= 15 is 0 Å². The van der Waals surface area contributed by atoms with E-state index < -0.39 is 15.8 Å². The maximum absolute atomic E-state index is 13.3. The molecule has 0 spiro atoms. The maximum Gasteiger partial charge on any atom is 0.251 e. The number of nitrogens with one attached hydrogen (secondary N) is 1. The highest BCUT2D eigenvalue weighted by Crippen LogP contribution is 2.18. The average molecular weight is 562 g/mol. The summed E-state index contributed by atoms with van der Waals surface area (Å²) in [5.41, 5.74) is 0.818. The normalized spacial score (nSPS) is 22.1. The van der Waals surface area contributed by atoms with E-state index in [-0.39, 0.29) is 36.4 Å². The number of hydrogen-bond acceptors (Lipinski definition) is 10. The van der Waals surface area contributed by atoms with Gasteiger partial charge in [0.1, 0.15) is 0 Å². The van der Waals surface area contributed by atoms with Crippen LogP contribution in [0.5, 0.6) is 0 Å². The number of sulfone groups is 1. The summed E-state index contributed by atoms with van der Waals surface area (Å²) >= 11 is 1.47. The molecule has 1 saturated heterocycles. The Morgan fingerprint density at radius 3 is 1.84 bits per heavy atom. The van der Waals surface area contributed by atoms with E-state index in [0.717, 1.165) is 0 Å². The van der Waals surface area contributed by atoms with Crippen molar-refractivity contribution < 1.29 is 41.7 Å². The van der Waals surface area contributed by atoms with Crippen molar-refractivity contribution in [1.82, 2.24) is 5.32 Å². The molecule has 12 heteroatoms. The molecule has 0 aliphatic carbocycles. The van der Waals surface area contributed by atoms with Crippen molar-refractivity contribution in [3.05, 3.63) is 35.4 Å². The summed E-state index contributed by atoms with van der Waals surface area (Å²) in [6, 6.07) is 6.30. The van der Waals surface area contributed by atoms with Gasteiger partial charge in [0.15, 0.2) is 15.6 Å². The molecule has 1 atom stereocenters. The minimum atomic E-state index is -3.54. The highest BCUT2D eigenvalue weighted by atomic mass is 32.2. The molecule has 0 bridgehead atoms. The number of Topliss-reactive ketones (excluding diaryl/α,β-unsaturated/α-hetero) is 1. The molecular weight excluding hydrogens is 522 g/mol. The fourth-order valence-corrected chi connectivity index (χ4v) is 5.91. The van der Waals surface area contributed by atoms with Crippen molar-refractivity contribution in [2.24, 2.45) is 5.92 Å². The third-order valence-electron chi connectivity index (χ3n) is 5.31. The Morgan fingerprint density at radius 1 is 0.811 bits per heavy atom. The van der Waals surface area contributed by atoms with Crippen molar-refractivity contribution in [3.63, 3.8) is 0 Å². The van der Waals surface area contributed by atoms with Crippen LogP contribution in [0.3, 0.4) is 0 Å². The lowest BCUT2D eigenvalue weighted by molar-refractivity contribution is -0.00908. The van der Waals surface area contributed by atoms with E-state index in [1.807, 2.05) is 6.92 Å². The summed E-state index contributed by atoms with van der Waals surface area (Å²) in [6.45, 7) is 6.12. The van der Waals surface area contributed by atoms with Crippen molar-refractivity contribution in [1.29, 1.82) is 0 Å². The SMILES string of the molecule is CCNC(=O)c1ccc(C(=O)C2CSCCOCCOCCOCCOCCOCCS(=O)(=O)C2)cc1. The third kappa shape index (κ3) is 13.7. The second kappa shape index (κ2) is 18.7. The van der Waals surface area contributed by atoms with Crippen LogP contribution in [0.2, 0.25) is 0 Å². The van der Waals surface area contributed by atoms with E-state index in [2.05, 4.69) is 5.32 Å². The van der Waals surface area contributed by atoms with Crippen molar-refractivity contribution in [3.8, 4) is 0 Å². The molecule has 0 aromatic heterocycles. The van der Waals surface area contributed by atoms with Gasteiger partial charge in [-0.2, -0.15) is 11.8 Å². The molecule has 1 N–H and O–H groups in total. The van der Waals surface area contributed by atoms with Crippen LogP contribution in [-0.4, -0.2) is 116 Å². The molecule has 1 unspecified atom stereocenters. The molecule has 37 heavy (non-hydrogen) atoms. The van der Waals surface area contributed by atoms with Crippen molar-refractivity contribution >= 4 is 33.3 Å². The lowest BCUT2D eigenvalue weighted by atomic mass is 9.99. The molecule has 1 aromatic rings. The Bertz CT molecular complexity index is 894. The van der Waals surface area contributed by atoms with Gasteiger partial charge in [-0.3, -0.25) is 9.59 Å². The van der Waals surface area contributed by atoms with Gasteiger partial charge >= 0.3 is 0 Å². The fraction of sp³-hybridized carbons (Fsp3) is 0.680. The highest BCUT2D eigenvalue weighted by molar-refractivity contribution is 7.99. The Kier molecular flexibility index (Phi) is 16.0.